The molecule has 0 spiro atoms. The Morgan fingerprint density at radius 1 is 1.17 bits per heavy atom. The van der Waals surface area contributed by atoms with Crippen molar-refractivity contribution in [1.29, 1.82) is 0 Å². The van der Waals surface area contributed by atoms with Crippen LogP contribution in [-0.2, 0) is 11.2 Å². The molecule has 1 aliphatic heterocycles. The summed E-state index contributed by atoms with van der Waals surface area (Å²) >= 11 is 0. The fourth-order valence-electron chi connectivity index (χ4n) is 2.13. The van der Waals surface area contributed by atoms with Gasteiger partial charge in [0.05, 0.1) is 17.8 Å². The summed E-state index contributed by atoms with van der Waals surface area (Å²) in [5.41, 5.74) is 10.1. The molecule has 4 nitrogen and oxygen atoms in total. The molecule has 0 unspecified atom stereocenters. The van der Waals surface area contributed by atoms with Gasteiger partial charge >= 0.3 is 0 Å². The number of nitrogens with one attached hydrogen (secondary N) is 2. The van der Waals surface area contributed by atoms with Crippen molar-refractivity contribution in [2.45, 2.75) is 6.42 Å². The van der Waals surface area contributed by atoms with Crippen molar-refractivity contribution in [3.8, 4) is 0 Å². The highest BCUT2D eigenvalue weighted by Gasteiger charge is 2.20. The molecule has 1 heterocycles. The van der Waals surface area contributed by atoms with Crippen molar-refractivity contribution in [1.82, 2.24) is 0 Å². The molecule has 0 saturated carbocycles. The summed E-state index contributed by atoms with van der Waals surface area (Å²) in [6, 6.07) is 13.4. The molecule has 0 atom stereocenters. The zero-order valence-electron chi connectivity index (χ0n) is 9.73. The molecule has 1 aliphatic rings. The fraction of sp³-hybridized carbons (Fsp3) is 0.0714. The Morgan fingerprint density at radius 2 is 2.00 bits per heavy atom. The van der Waals surface area contributed by atoms with Crippen molar-refractivity contribution in [3.63, 3.8) is 0 Å². The first-order chi connectivity index (χ1) is 8.72. The SMILES string of the molecule is Nc1cccc(Nc2cccc3c2NC(=O)C3)c1. The molecule has 0 bridgehead atoms. The number of fused-ring (bicyclic) bond motifs is 1. The van der Waals surface area contributed by atoms with Gasteiger partial charge in [-0.2, -0.15) is 0 Å². The summed E-state index contributed by atoms with van der Waals surface area (Å²) in [5, 5.41) is 6.14. The van der Waals surface area contributed by atoms with Gasteiger partial charge in [-0.05, 0) is 29.8 Å². The maximum Gasteiger partial charge on any atom is 0.228 e. The predicted octanol–water partition coefficient (Wildman–Crippen LogP) is 2.51. The lowest BCUT2D eigenvalue weighted by Gasteiger charge is -2.11. The predicted molar refractivity (Wildman–Crippen MR) is 72.9 cm³/mol. The Bertz CT molecular complexity index is 622. The van der Waals surface area contributed by atoms with E-state index >= 15 is 0 Å². The van der Waals surface area contributed by atoms with Gasteiger partial charge in [-0.3, -0.25) is 4.79 Å². The molecule has 1 amide bonds. The fourth-order valence-corrected chi connectivity index (χ4v) is 2.13. The number of hydrogen-bond acceptors (Lipinski definition) is 3. The molecule has 90 valence electrons. The number of nitrogen functional groups attached to an aromatic ring is 1. The summed E-state index contributed by atoms with van der Waals surface area (Å²) in [4.78, 5) is 11.4. The summed E-state index contributed by atoms with van der Waals surface area (Å²) in [5.74, 6) is 0.0341. The molecule has 0 aliphatic carbocycles. The van der Waals surface area contributed by atoms with Crippen LogP contribution in [0.2, 0.25) is 0 Å². The quantitative estimate of drug-likeness (QED) is 0.705. The molecule has 3 rings (SSSR count). The Labute approximate surface area is 105 Å². The smallest absolute Gasteiger partial charge is 0.228 e. The maximum absolute atomic E-state index is 11.4. The van der Waals surface area contributed by atoms with E-state index in [2.05, 4.69) is 10.6 Å². The lowest BCUT2D eigenvalue weighted by molar-refractivity contribution is -0.115. The summed E-state index contributed by atoms with van der Waals surface area (Å²) in [7, 11) is 0. The molecule has 2 aromatic rings. The van der Waals surface area contributed by atoms with Crippen LogP contribution in [0.25, 0.3) is 0 Å². The van der Waals surface area contributed by atoms with Crippen molar-refractivity contribution in [2.24, 2.45) is 0 Å². The standard InChI is InChI=1S/C14H13N3O/c15-10-4-2-5-11(8-10)16-12-6-1-3-9-7-13(18)17-14(9)12/h1-6,8,16H,7,15H2,(H,17,18). The van der Waals surface area contributed by atoms with Crippen LogP contribution in [0, 0.1) is 0 Å². The minimum atomic E-state index is 0.0341. The molecule has 0 radical (unpaired) electrons. The third-order valence-electron chi connectivity index (χ3n) is 2.93. The second-order valence-corrected chi connectivity index (χ2v) is 4.32. The van der Waals surface area contributed by atoms with Crippen molar-refractivity contribution >= 4 is 28.7 Å². The van der Waals surface area contributed by atoms with E-state index in [1.165, 1.54) is 0 Å². The topological polar surface area (TPSA) is 67.2 Å². The van der Waals surface area contributed by atoms with Crippen LogP contribution in [0.1, 0.15) is 5.56 Å². The van der Waals surface area contributed by atoms with Crippen molar-refractivity contribution in [2.75, 3.05) is 16.4 Å². The second kappa shape index (κ2) is 4.07. The molecule has 4 N–H and O–H groups in total. The molecule has 0 fully saturated rings. The van der Waals surface area contributed by atoms with E-state index in [1.54, 1.807) is 0 Å². The van der Waals surface area contributed by atoms with Crippen LogP contribution in [-0.4, -0.2) is 5.91 Å². The maximum atomic E-state index is 11.4. The summed E-state index contributed by atoms with van der Waals surface area (Å²) in [6.45, 7) is 0. The summed E-state index contributed by atoms with van der Waals surface area (Å²) < 4.78 is 0. The van der Waals surface area contributed by atoms with Gasteiger partial charge in [0.25, 0.3) is 0 Å². The minimum absolute atomic E-state index is 0.0341. The molecule has 0 saturated heterocycles. The van der Waals surface area contributed by atoms with Crippen LogP contribution in [0.4, 0.5) is 22.7 Å². The lowest BCUT2D eigenvalue weighted by Crippen LogP contribution is -2.05. The Kier molecular flexibility index (Phi) is 2.41. The van der Waals surface area contributed by atoms with Crippen molar-refractivity contribution in [3.05, 3.63) is 48.0 Å². The van der Waals surface area contributed by atoms with Gasteiger partial charge in [-0.1, -0.05) is 18.2 Å². The van der Waals surface area contributed by atoms with Gasteiger partial charge in [0.2, 0.25) is 5.91 Å². The van der Waals surface area contributed by atoms with Crippen LogP contribution in [0.3, 0.4) is 0 Å². The third kappa shape index (κ3) is 1.88. The number of amides is 1. The normalized spacial score (nSPS) is 13.0. The van der Waals surface area contributed by atoms with Gasteiger partial charge in [0, 0.05) is 11.4 Å². The van der Waals surface area contributed by atoms with E-state index in [4.69, 9.17) is 5.73 Å². The van der Waals surface area contributed by atoms with E-state index in [9.17, 15) is 4.79 Å². The average molecular weight is 239 g/mol. The number of nitrogens with two attached hydrogens (primary N) is 1. The summed E-state index contributed by atoms with van der Waals surface area (Å²) in [6.07, 6.45) is 0.446. The van der Waals surface area contributed by atoms with E-state index < -0.39 is 0 Å². The first-order valence-corrected chi connectivity index (χ1v) is 5.77. The van der Waals surface area contributed by atoms with Gasteiger partial charge in [-0.15, -0.1) is 0 Å². The number of carbonyl (C=O) groups is 1. The monoisotopic (exact) mass is 239 g/mol. The van der Waals surface area contributed by atoms with E-state index in [0.29, 0.717) is 12.1 Å². The minimum Gasteiger partial charge on any atom is -0.399 e. The molecule has 0 aromatic heterocycles. The van der Waals surface area contributed by atoms with Crippen molar-refractivity contribution < 1.29 is 4.79 Å². The Hall–Kier alpha value is -2.49. The molecular weight excluding hydrogens is 226 g/mol. The Balaban J connectivity index is 1.95. The number of anilines is 4. The van der Waals surface area contributed by atoms with Crippen LogP contribution in [0.5, 0.6) is 0 Å². The number of benzene rings is 2. The van der Waals surface area contributed by atoms with Gasteiger partial charge in [0.1, 0.15) is 0 Å². The van der Waals surface area contributed by atoms with Crippen LogP contribution in [0.15, 0.2) is 42.5 Å². The second-order valence-electron chi connectivity index (χ2n) is 4.32. The number of para-hydroxylation sites is 1. The highest BCUT2D eigenvalue weighted by molar-refractivity contribution is 6.03. The molecular formula is C14H13N3O. The van der Waals surface area contributed by atoms with Gasteiger partial charge in [0.15, 0.2) is 0 Å². The lowest BCUT2D eigenvalue weighted by atomic mass is 10.1. The molecule has 2 aromatic carbocycles. The van der Waals surface area contributed by atoms with E-state index in [0.717, 1.165) is 22.6 Å². The highest BCUT2D eigenvalue weighted by Crippen LogP contribution is 2.33. The van der Waals surface area contributed by atoms with Crippen LogP contribution >= 0.6 is 0 Å². The van der Waals surface area contributed by atoms with Gasteiger partial charge < -0.3 is 16.4 Å². The molecule has 18 heavy (non-hydrogen) atoms. The number of rotatable bonds is 2. The Morgan fingerprint density at radius 3 is 2.83 bits per heavy atom. The number of carbonyl (C=O) groups excluding carboxylic acids is 1. The third-order valence-corrected chi connectivity index (χ3v) is 2.93. The van der Waals surface area contributed by atoms with Crippen LogP contribution < -0.4 is 16.4 Å². The average Bonchev–Trinajstić information content (AvgIpc) is 2.71. The van der Waals surface area contributed by atoms with E-state index in [-0.39, 0.29) is 5.91 Å². The highest BCUT2D eigenvalue weighted by atomic mass is 16.1. The zero-order valence-corrected chi connectivity index (χ0v) is 9.73. The van der Waals surface area contributed by atoms with Gasteiger partial charge in [-0.25, -0.2) is 0 Å². The zero-order chi connectivity index (χ0) is 12.5. The molecule has 4 heteroatoms. The first-order valence-electron chi connectivity index (χ1n) is 5.77. The first kappa shape index (κ1) is 10.7. The number of hydrogen-bond donors (Lipinski definition) is 3. The largest absolute Gasteiger partial charge is 0.399 e. The van der Waals surface area contributed by atoms with E-state index in [1.807, 2.05) is 42.5 Å².